The van der Waals surface area contributed by atoms with Crippen LogP contribution in [0.1, 0.15) is 32.1 Å². The predicted octanol–water partition coefficient (Wildman–Crippen LogP) is 1.29. The SMILES string of the molecule is O=C(NCCCN1CCOCC1)N1CCCCCC1. The summed E-state index contributed by atoms with van der Waals surface area (Å²) in [6.45, 7) is 7.45. The number of rotatable bonds is 4. The van der Waals surface area contributed by atoms with Crippen LogP contribution >= 0.6 is 0 Å². The number of urea groups is 1. The van der Waals surface area contributed by atoms with Crippen LogP contribution in [-0.4, -0.2) is 68.3 Å². The lowest BCUT2D eigenvalue weighted by Crippen LogP contribution is -2.42. The Labute approximate surface area is 116 Å². The van der Waals surface area contributed by atoms with Crippen molar-refractivity contribution in [2.75, 3.05) is 52.5 Å². The number of amides is 2. The van der Waals surface area contributed by atoms with Crippen molar-refractivity contribution in [2.45, 2.75) is 32.1 Å². The molecule has 0 bridgehead atoms. The minimum absolute atomic E-state index is 0.129. The molecule has 2 rings (SSSR count). The van der Waals surface area contributed by atoms with Gasteiger partial charge in [-0.2, -0.15) is 0 Å². The van der Waals surface area contributed by atoms with Crippen LogP contribution in [0.2, 0.25) is 0 Å². The zero-order chi connectivity index (χ0) is 13.3. The quantitative estimate of drug-likeness (QED) is 0.782. The lowest BCUT2D eigenvalue weighted by Gasteiger charge is -2.26. The molecule has 0 aromatic heterocycles. The number of carbonyl (C=O) groups excluding carboxylic acids is 1. The molecule has 5 nitrogen and oxygen atoms in total. The maximum atomic E-state index is 12.0. The molecule has 110 valence electrons. The van der Waals surface area contributed by atoms with E-state index in [1.165, 1.54) is 12.8 Å². The van der Waals surface area contributed by atoms with E-state index in [0.29, 0.717) is 0 Å². The van der Waals surface area contributed by atoms with Crippen molar-refractivity contribution >= 4 is 6.03 Å². The average Bonchev–Trinajstić information content (AvgIpc) is 2.73. The molecule has 2 aliphatic heterocycles. The van der Waals surface area contributed by atoms with E-state index in [-0.39, 0.29) is 6.03 Å². The third-order valence-electron chi connectivity index (χ3n) is 3.92. The molecule has 0 unspecified atom stereocenters. The van der Waals surface area contributed by atoms with Gasteiger partial charge in [-0.15, -0.1) is 0 Å². The fraction of sp³-hybridized carbons (Fsp3) is 0.929. The number of likely N-dealkylation sites (tertiary alicyclic amines) is 1. The molecule has 2 aliphatic rings. The van der Waals surface area contributed by atoms with Crippen LogP contribution in [0.25, 0.3) is 0 Å². The maximum Gasteiger partial charge on any atom is 0.317 e. The van der Waals surface area contributed by atoms with Crippen molar-refractivity contribution in [2.24, 2.45) is 0 Å². The van der Waals surface area contributed by atoms with Crippen LogP contribution in [0.3, 0.4) is 0 Å². The number of nitrogens with zero attached hydrogens (tertiary/aromatic N) is 2. The first-order valence-electron chi connectivity index (χ1n) is 7.69. The van der Waals surface area contributed by atoms with E-state index in [2.05, 4.69) is 10.2 Å². The van der Waals surface area contributed by atoms with Gasteiger partial charge in [0.2, 0.25) is 0 Å². The number of carbonyl (C=O) groups is 1. The van der Waals surface area contributed by atoms with Crippen LogP contribution in [0.4, 0.5) is 4.79 Å². The summed E-state index contributed by atoms with van der Waals surface area (Å²) >= 11 is 0. The molecule has 0 atom stereocenters. The third-order valence-corrected chi connectivity index (χ3v) is 3.92. The van der Waals surface area contributed by atoms with Crippen LogP contribution in [0, 0.1) is 0 Å². The number of nitrogens with one attached hydrogen (secondary N) is 1. The molecule has 1 N–H and O–H groups in total. The zero-order valence-electron chi connectivity index (χ0n) is 11.9. The van der Waals surface area contributed by atoms with Crippen molar-refractivity contribution < 1.29 is 9.53 Å². The van der Waals surface area contributed by atoms with Gasteiger partial charge in [-0.05, 0) is 25.8 Å². The van der Waals surface area contributed by atoms with E-state index in [1.54, 1.807) is 0 Å². The van der Waals surface area contributed by atoms with E-state index < -0.39 is 0 Å². The summed E-state index contributed by atoms with van der Waals surface area (Å²) in [7, 11) is 0. The molecule has 0 aromatic carbocycles. The minimum Gasteiger partial charge on any atom is -0.379 e. The molecule has 0 spiro atoms. The monoisotopic (exact) mass is 269 g/mol. The van der Waals surface area contributed by atoms with Crippen LogP contribution in [0.5, 0.6) is 0 Å². The van der Waals surface area contributed by atoms with E-state index in [4.69, 9.17) is 4.74 Å². The second kappa shape index (κ2) is 8.38. The Balaban J connectivity index is 1.55. The highest BCUT2D eigenvalue weighted by Gasteiger charge is 2.15. The summed E-state index contributed by atoms with van der Waals surface area (Å²) in [6, 6.07) is 0.129. The van der Waals surface area contributed by atoms with Crippen molar-refractivity contribution in [3.8, 4) is 0 Å². The smallest absolute Gasteiger partial charge is 0.317 e. The molecule has 2 saturated heterocycles. The summed E-state index contributed by atoms with van der Waals surface area (Å²) in [5, 5.41) is 3.05. The van der Waals surface area contributed by atoms with Gasteiger partial charge in [0.1, 0.15) is 0 Å². The normalized spacial score (nSPS) is 22.0. The molecule has 2 heterocycles. The fourth-order valence-corrected chi connectivity index (χ4v) is 2.71. The molecule has 2 amide bonds. The lowest BCUT2D eigenvalue weighted by atomic mass is 10.2. The number of hydrogen-bond donors (Lipinski definition) is 1. The van der Waals surface area contributed by atoms with Crippen LogP contribution < -0.4 is 5.32 Å². The number of morpholine rings is 1. The lowest BCUT2D eigenvalue weighted by molar-refractivity contribution is 0.0375. The highest BCUT2D eigenvalue weighted by atomic mass is 16.5. The molecular formula is C14H27N3O2. The fourth-order valence-electron chi connectivity index (χ4n) is 2.71. The van der Waals surface area contributed by atoms with Gasteiger partial charge in [0.15, 0.2) is 0 Å². The summed E-state index contributed by atoms with van der Waals surface area (Å²) in [5.41, 5.74) is 0. The van der Waals surface area contributed by atoms with Gasteiger partial charge >= 0.3 is 6.03 Å². The Morgan fingerprint density at radius 1 is 1.00 bits per heavy atom. The van der Waals surface area contributed by atoms with Crippen LogP contribution in [0.15, 0.2) is 0 Å². The molecule has 5 heteroatoms. The number of hydrogen-bond acceptors (Lipinski definition) is 3. The van der Waals surface area contributed by atoms with Crippen molar-refractivity contribution in [1.82, 2.24) is 15.1 Å². The van der Waals surface area contributed by atoms with Gasteiger partial charge in [-0.3, -0.25) is 4.90 Å². The highest BCUT2D eigenvalue weighted by Crippen LogP contribution is 2.09. The summed E-state index contributed by atoms with van der Waals surface area (Å²) < 4.78 is 5.32. The number of ether oxygens (including phenoxy) is 1. The largest absolute Gasteiger partial charge is 0.379 e. The van der Waals surface area contributed by atoms with Gasteiger partial charge in [-0.1, -0.05) is 12.8 Å². The van der Waals surface area contributed by atoms with Crippen molar-refractivity contribution in [3.05, 3.63) is 0 Å². The van der Waals surface area contributed by atoms with Gasteiger partial charge in [0.05, 0.1) is 13.2 Å². The van der Waals surface area contributed by atoms with E-state index in [0.717, 1.165) is 71.7 Å². The molecule has 0 saturated carbocycles. The topological polar surface area (TPSA) is 44.8 Å². The van der Waals surface area contributed by atoms with E-state index in [1.807, 2.05) is 4.90 Å². The molecule has 0 aliphatic carbocycles. The molecule has 19 heavy (non-hydrogen) atoms. The Morgan fingerprint density at radius 3 is 2.37 bits per heavy atom. The second-order valence-corrected chi connectivity index (χ2v) is 5.44. The van der Waals surface area contributed by atoms with Gasteiger partial charge in [-0.25, -0.2) is 4.79 Å². The summed E-state index contributed by atoms with van der Waals surface area (Å²) in [5.74, 6) is 0. The summed E-state index contributed by atoms with van der Waals surface area (Å²) in [4.78, 5) is 16.4. The molecule has 2 fully saturated rings. The first-order valence-corrected chi connectivity index (χ1v) is 7.69. The van der Waals surface area contributed by atoms with Gasteiger partial charge < -0.3 is 15.0 Å². The summed E-state index contributed by atoms with van der Waals surface area (Å²) in [6.07, 6.45) is 5.86. The van der Waals surface area contributed by atoms with Crippen molar-refractivity contribution in [3.63, 3.8) is 0 Å². The van der Waals surface area contributed by atoms with Crippen molar-refractivity contribution in [1.29, 1.82) is 0 Å². The third kappa shape index (κ3) is 5.37. The Morgan fingerprint density at radius 2 is 1.68 bits per heavy atom. The first-order chi connectivity index (χ1) is 9.36. The van der Waals surface area contributed by atoms with E-state index in [9.17, 15) is 4.79 Å². The average molecular weight is 269 g/mol. The predicted molar refractivity (Wildman–Crippen MR) is 75.3 cm³/mol. The second-order valence-electron chi connectivity index (χ2n) is 5.44. The molecule has 0 aromatic rings. The standard InChI is InChI=1S/C14H27N3O2/c18-14(17-8-3-1-2-4-9-17)15-6-5-7-16-10-12-19-13-11-16/h1-13H2,(H,15,18). The molecule has 0 radical (unpaired) electrons. The minimum atomic E-state index is 0.129. The maximum absolute atomic E-state index is 12.0. The van der Waals surface area contributed by atoms with Gasteiger partial charge in [0.25, 0.3) is 0 Å². The Bertz CT molecular complexity index is 259. The van der Waals surface area contributed by atoms with Crippen LogP contribution in [-0.2, 0) is 4.74 Å². The van der Waals surface area contributed by atoms with Gasteiger partial charge in [0, 0.05) is 32.7 Å². The Hall–Kier alpha value is -0.810. The molecular weight excluding hydrogens is 242 g/mol. The Kier molecular flexibility index (Phi) is 6.44. The first kappa shape index (κ1) is 14.6. The van der Waals surface area contributed by atoms with E-state index >= 15 is 0 Å². The highest BCUT2D eigenvalue weighted by molar-refractivity contribution is 5.74. The zero-order valence-corrected chi connectivity index (χ0v) is 11.9.